The summed E-state index contributed by atoms with van der Waals surface area (Å²) < 4.78 is 12.9. The van der Waals surface area contributed by atoms with Crippen LogP contribution in [0.3, 0.4) is 0 Å². The lowest BCUT2D eigenvalue weighted by Gasteiger charge is -2.17. The lowest BCUT2D eigenvalue weighted by Crippen LogP contribution is -2.19. The first kappa shape index (κ1) is 15.9. The first-order valence-electron chi connectivity index (χ1n) is 7.65. The summed E-state index contributed by atoms with van der Waals surface area (Å²) in [5.41, 5.74) is 1.07. The Kier molecular flexibility index (Phi) is 4.41. The van der Waals surface area contributed by atoms with E-state index < -0.39 is 16.6 Å². The molecule has 1 aliphatic rings. The molecule has 1 saturated heterocycles. The average Bonchev–Trinajstić information content (AvgIpc) is 3.10. The number of rotatable bonds is 4. The Morgan fingerprint density at radius 1 is 1.12 bits per heavy atom. The third kappa shape index (κ3) is 3.34. The molecule has 1 fully saturated rings. The van der Waals surface area contributed by atoms with Gasteiger partial charge in [-0.1, -0.05) is 0 Å². The van der Waals surface area contributed by atoms with E-state index in [1.807, 2.05) is 4.90 Å². The summed E-state index contributed by atoms with van der Waals surface area (Å²) in [6.07, 6.45) is 2.01. The van der Waals surface area contributed by atoms with Crippen molar-refractivity contribution in [3.63, 3.8) is 0 Å². The second kappa shape index (κ2) is 6.66. The molecule has 0 atom stereocenters. The Morgan fingerprint density at radius 2 is 1.79 bits per heavy atom. The van der Waals surface area contributed by atoms with E-state index in [1.165, 1.54) is 30.3 Å². The van der Waals surface area contributed by atoms with E-state index in [0.29, 0.717) is 11.4 Å². The minimum atomic E-state index is -0.474. The zero-order valence-corrected chi connectivity index (χ0v) is 12.9. The molecule has 0 unspecified atom stereocenters. The Morgan fingerprint density at radius 3 is 2.42 bits per heavy atom. The zero-order chi connectivity index (χ0) is 17.1. The van der Waals surface area contributed by atoms with Gasteiger partial charge >= 0.3 is 0 Å². The van der Waals surface area contributed by atoms with Gasteiger partial charge in [0.25, 0.3) is 11.6 Å². The molecule has 1 heterocycles. The highest BCUT2D eigenvalue weighted by atomic mass is 19.1. The minimum Gasteiger partial charge on any atom is -0.366 e. The molecule has 2 aromatic carbocycles. The van der Waals surface area contributed by atoms with Gasteiger partial charge in [-0.25, -0.2) is 4.39 Å². The third-order valence-corrected chi connectivity index (χ3v) is 3.98. The normalized spacial score (nSPS) is 13.8. The fraction of sp³-hybridized carbons (Fsp3) is 0.235. The third-order valence-electron chi connectivity index (χ3n) is 3.98. The quantitative estimate of drug-likeness (QED) is 0.687. The lowest BCUT2D eigenvalue weighted by molar-refractivity contribution is -0.384. The molecule has 1 aliphatic heterocycles. The largest absolute Gasteiger partial charge is 0.366 e. The van der Waals surface area contributed by atoms with Crippen molar-refractivity contribution in [3.05, 3.63) is 64.0 Å². The number of carbonyl (C=O) groups excluding carboxylic acids is 1. The van der Waals surface area contributed by atoms with Gasteiger partial charge in [-0.05, 0) is 49.2 Å². The van der Waals surface area contributed by atoms with Crippen LogP contribution in [0.5, 0.6) is 0 Å². The number of hydrogen-bond acceptors (Lipinski definition) is 4. The molecule has 2 aromatic rings. The number of anilines is 2. The standard InChI is InChI=1S/C17H16FN3O3/c18-13-4-6-14(7-5-13)19-17(22)12-3-8-15(16(11-12)21(23)24)20-9-1-2-10-20/h3-8,11H,1-2,9-10H2,(H,19,22). The molecule has 0 aliphatic carbocycles. The van der Waals surface area contributed by atoms with Crippen LogP contribution in [0.15, 0.2) is 42.5 Å². The van der Waals surface area contributed by atoms with Crippen molar-refractivity contribution in [2.24, 2.45) is 0 Å². The number of nitro benzene ring substituents is 1. The SMILES string of the molecule is O=C(Nc1ccc(F)cc1)c1ccc(N2CCCC2)c([N+](=O)[O-])c1. The van der Waals surface area contributed by atoms with E-state index in [1.54, 1.807) is 12.1 Å². The molecule has 0 spiro atoms. The molecule has 0 aromatic heterocycles. The Bertz CT molecular complexity index is 771. The molecule has 6 nitrogen and oxygen atoms in total. The van der Waals surface area contributed by atoms with Crippen molar-refractivity contribution in [2.75, 3.05) is 23.3 Å². The summed E-state index contributed by atoms with van der Waals surface area (Å²) in [6.45, 7) is 1.56. The maximum absolute atomic E-state index is 12.9. The van der Waals surface area contributed by atoms with Crippen LogP contribution in [0, 0.1) is 15.9 Å². The molecule has 3 rings (SSSR count). The van der Waals surface area contributed by atoms with Crippen LogP contribution in [0.4, 0.5) is 21.5 Å². The number of benzene rings is 2. The van der Waals surface area contributed by atoms with E-state index >= 15 is 0 Å². The lowest BCUT2D eigenvalue weighted by atomic mass is 10.1. The van der Waals surface area contributed by atoms with Crippen LogP contribution in [0.1, 0.15) is 23.2 Å². The van der Waals surface area contributed by atoms with E-state index in [2.05, 4.69) is 5.32 Å². The topological polar surface area (TPSA) is 75.5 Å². The Hall–Kier alpha value is -2.96. The summed E-state index contributed by atoms with van der Waals surface area (Å²) in [6, 6.07) is 9.79. The molecule has 24 heavy (non-hydrogen) atoms. The van der Waals surface area contributed by atoms with Crippen molar-refractivity contribution >= 4 is 23.0 Å². The molecule has 0 bridgehead atoms. The van der Waals surface area contributed by atoms with Crippen molar-refractivity contribution in [3.8, 4) is 0 Å². The molecular formula is C17H16FN3O3. The van der Waals surface area contributed by atoms with Gasteiger partial charge < -0.3 is 10.2 Å². The van der Waals surface area contributed by atoms with Gasteiger partial charge in [0.2, 0.25) is 0 Å². The number of nitro groups is 1. The first-order chi connectivity index (χ1) is 11.5. The van der Waals surface area contributed by atoms with Crippen LogP contribution in [0.2, 0.25) is 0 Å². The van der Waals surface area contributed by atoms with E-state index in [4.69, 9.17) is 0 Å². The summed E-state index contributed by atoms with van der Waals surface area (Å²) >= 11 is 0. The second-order valence-electron chi connectivity index (χ2n) is 5.62. The number of carbonyl (C=O) groups is 1. The number of halogens is 1. The number of hydrogen-bond donors (Lipinski definition) is 1. The van der Waals surface area contributed by atoms with E-state index in [9.17, 15) is 19.3 Å². The average molecular weight is 329 g/mol. The maximum Gasteiger partial charge on any atom is 0.293 e. The molecule has 0 saturated carbocycles. The van der Waals surface area contributed by atoms with Gasteiger partial charge in [-0.15, -0.1) is 0 Å². The highest BCUT2D eigenvalue weighted by molar-refractivity contribution is 6.05. The number of amides is 1. The van der Waals surface area contributed by atoms with E-state index in [-0.39, 0.29) is 11.3 Å². The van der Waals surface area contributed by atoms with Gasteiger partial charge in [0, 0.05) is 30.4 Å². The van der Waals surface area contributed by atoms with Gasteiger partial charge in [-0.2, -0.15) is 0 Å². The van der Waals surface area contributed by atoms with Crippen molar-refractivity contribution in [2.45, 2.75) is 12.8 Å². The van der Waals surface area contributed by atoms with Crippen molar-refractivity contribution in [1.29, 1.82) is 0 Å². The molecule has 124 valence electrons. The predicted octanol–water partition coefficient (Wildman–Crippen LogP) is 3.59. The highest BCUT2D eigenvalue weighted by Gasteiger charge is 2.23. The summed E-state index contributed by atoms with van der Waals surface area (Å²) in [5, 5.41) is 14.0. The van der Waals surface area contributed by atoms with Crippen LogP contribution >= 0.6 is 0 Å². The summed E-state index contributed by atoms with van der Waals surface area (Å²) in [4.78, 5) is 25.1. The smallest absolute Gasteiger partial charge is 0.293 e. The molecular weight excluding hydrogens is 313 g/mol. The fourth-order valence-corrected chi connectivity index (χ4v) is 2.77. The van der Waals surface area contributed by atoms with Gasteiger partial charge in [0.05, 0.1) is 4.92 Å². The maximum atomic E-state index is 12.9. The van der Waals surface area contributed by atoms with Crippen LogP contribution in [0.25, 0.3) is 0 Å². The summed E-state index contributed by atoms with van der Waals surface area (Å²) in [7, 11) is 0. The molecule has 1 N–H and O–H groups in total. The van der Waals surface area contributed by atoms with Crippen LogP contribution in [-0.4, -0.2) is 23.9 Å². The number of nitrogens with one attached hydrogen (secondary N) is 1. The first-order valence-corrected chi connectivity index (χ1v) is 7.65. The second-order valence-corrected chi connectivity index (χ2v) is 5.62. The fourth-order valence-electron chi connectivity index (χ4n) is 2.77. The monoisotopic (exact) mass is 329 g/mol. The van der Waals surface area contributed by atoms with Crippen molar-refractivity contribution in [1.82, 2.24) is 0 Å². The highest BCUT2D eigenvalue weighted by Crippen LogP contribution is 2.31. The molecule has 0 radical (unpaired) electrons. The minimum absolute atomic E-state index is 0.0799. The Balaban J connectivity index is 1.85. The van der Waals surface area contributed by atoms with Crippen LogP contribution in [-0.2, 0) is 0 Å². The van der Waals surface area contributed by atoms with Crippen molar-refractivity contribution < 1.29 is 14.1 Å². The van der Waals surface area contributed by atoms with Gasteiger partial charge in [-0.3, -0.25) is 14.9 Å². The van der Waals surface area contributed by atoms with Gasteiger partial charge in [0.1, 0.15) is 11.5 Å². The predicted molar refractivity (Wildman–Crippen MR) is 88.9 cm³/mol. The number of nitrogens with zero attached hydrogens (tertiary/aromatic N) is 2. The van der Waals surface area contributed by atoms with Crippen LogP contribution < -0.4 is 10.2 Å². The van der Waals surface area contributed by atoms with Gasteiger partial charge in [0.15, 0.2) is 0 Å². The summed E-state index contributed by atoms with van der Waals surface area (Å²) in [5.74, 6) is -0.878. The zero-order valence-electron chi connectivity index (χ0n) is 12.9. The Labute approximate surface area is 138 Å². The molecule has 7 heteroatoms. The van der Waals surface area contributed by atoms with E-state index in [0.717, 1.165) is 25.9 Å². The molecule has 1 amide bonds.